The zero-order chi connectivity index (χ0) is 15.4. The Morgan fingerprint density at radius 3 is 2.67 bits per heavy atom. The quantitative estimate of drug-likeness (QED) is 0.921. The maximum Gasteiger partial charge on any atom is 0.326 e. The lowest BCUT2D eigenvalue weighted by atomic mass is 10.0. The summed E-state index contributed by atoms with van der Waals surface area (Å²) in [6.45, 7) is 0.525. The second kappa shape index (κ2) is 7.14. The van der Waals surface area contributed by atoms with Gasteiger partial charge in [0.2, 0.25) is 5.91 Å². The molecule has 1 saturated heterocycles. The van der Waals surface area contributed by atoms with Crippen LogP contribution >= 0.6 is 23.2 Å². The Balaban J connectivity index is 1.96. The van der Waals surface area contributed by atoms with Crippen molar-refractivity contribution in [2.24, 2.45) is 0 Å². The molecule has 1 aliphatic heterocycles. The summed E-state index contributed by atoms with van der Waals surface area (Å²) in [7, 11) is 0. The summed E-state index contributed by atoms with van der Waals surface area (Å²) in [4.78, 5) is 24.9. The molecule has 0 radical (unpaired) electrons. The number of aryl methyl sites for hydroxylation is 1. The number of amides is 1. The lowest BCUT2D eigenvalue weighted by molar-refractivity contribution is -0.152. The number of halogens is 2. The number of nitrogens with zero attached hydrogens (tertiary/aromatic N) is 1. The number of aliphatic carboxylic acids is 1. The molecule has 1 N–H and O–H groups in total. The number of benzene rings is 1. The van der Waals surface area contributed by atoms with Crippen molar-refractivity contribution in [2.45, 2.75) is 38.1 Å². The predicted octanol–water partition coefficient (Wildman–Crippen LogP) is 3.39. The van der Waals surface area contributed by atoms with Crippen LogP contribution in [0.2, 0.25) is 10.0 Å². The summed E-state index contributed by atoms with van der Waals surface area (Å²) in [5.74, 6) is -1.04. The molecule has 4 nitrogen and oxygen atoms in total. The van der Waals surface area contributed by atoms with E-state index in [2.05, 4.69) is 0 Å². The van der Waals surface area contributed by atoms with Crippen LogP contribution in [0.5, 0.6) is 0 Å². The fourth-order valence-electron chi connectivity index (χ4n) is 2.58. The molecule has 1 aromatic carbocycles. The average molecular weight is 330 g/mol. The van der Waals surface area contributed by atoms with E-state index in [0.29, 0.717) is 29.4 Å². The third kappa shape index (κ3) is 4.11. The maximum atomic E-state index is 12.2. The van der Waals surface area contributed by atoms with Crippen molar-refractivity contribution in [3.8, 4) is 0 Å². The van der Waals surface area contributed by atoms with Gasteiger partial charge >= 0.3 is 5.97 Å². The summed E-state index contributed by atoms with van der Waals surface area (Å²) in [5, 5.41) is 10.1. The van der Waals surface area contributed by atoms with Gasteiger partial charge in [0.25, 0.3) is 0 Å². The number of carboxylic acid groups (broad SMARTS) is 1. The molecule has 0 aromatic heterocycles. The van der Waals surface area contributed by atoms with Crippen molar-refractivity contribution >= 4 is 35.1 Å². The van der Waals surface area contributed by atoms with Crippen molar-refractivity contribution in [1.82, 2.24) is 4.90 Å². The average Bonchev–Trinajstić information content (AvgIpc) is 2.48. The number of carbonyl (C=O) groups is 2. The standard InChI is InChI=1S/C15H17Cl2NO3/c16-11-6-4-10(9-12(11)17)5-7-14(19)18-8-2-1-3-13(18)15(20)21/h4,6,9,13H,1-3,5,7-8H2,(H,20,21). The summed E-state index contributed by atoms with van der Waals surface area (Å²) in [6.07, 6.45) is 3.06. The van der Waals surface area contributed by atoms with Gasteiger partial charge in [-0.3, -0.25) is 4.79 Å². The second-order valence-corrected chi connectivity index (χ2v) is 6.00. The van der Waals surface area contributed by atoms with Crippen molar-refractivity contribution in [1.29, 1.82) is 0 Å². The van der Waals surface area contributed by atoms with E-state index in [1.165, 1.54) is 4.90 Å². The van der Waals surface area contributed by atoms with E-state index in [1.807, 2.05) is 6.07 Å². The fraction of sp³-hybridized carbons (Fsp3) is 0.467. The highest BCUT2D eigenvalue weighted by atomic mass is 35.5. The Labute approximate surface area is 133 Å². The first kappa shape index (κ1) is 16.1. The van der Waals surface area contributed by atoms with Crippen LogP contribution in [-0.2, 0) is 16.0 Å². The van der Waals surface area contributed by atoms with Crippen LogP contribution < -0.4 is 0 Å². The number of hydrogen-bond donors (Lipinski definition) is 1. The molecule has 1 aliphatic rings. The number of carbonyl (C=O) groups excluding carboxylic acids is 1. The van der Waals surface area contributed by atoms with E-state index in [-0.39, 0.29) is 12.3 Å². The third-order valence-electron chi connectivity index (χ3n) is 3.72. The first-order chi connectivity index (χ1) is 9.99. The predicted molar refractivity (Wildman–Crippen MR) is 81.8 cm³/mol. The van der Waals surface area contributed by atoms with Crippen LogP contribution in [0.25, 0.3) is 0 Å². The molecule has 0 spiro atoms. The zero-order valence-electron chi connectivity index (χ0n) is 11.5. The minimum atomic E-state index is -0.919. The number of carboxylic acids is 1. The topological polar surface area (TPSA) is 57.6 Å². The number of likely N-dealkylation sites (tertiary alicyclic amines) is 1. The smallest absolute Gasteiger partial charge is 0.326 e. The monoisotopic (exact) mass is 329 g/mol. The van der Waals surface area contributed by atoms with Crippen molar-refractivity contribution in [2.75, 3.05) is 6.54 Å². The molecule has 114 valence electrons. The molecule has 6 heteroatoms. The highest BCUT2D eigenvalue weighted by Gasteiger charge is 2.31. The van der Waals surface area contributed by atoms with Crippen LogP contribution in [0.4, 0.5) is 0 Å². The Morgan fingerprint density at radius 2 is 2.00 bits per heavy atom. The van der Waals surface area contributed by atoms with Crippen LogP contribution in [0.1, 0.15) is 31.2 Å². The highest BCUT2D eigenvalue weighted by molar-refractivity contribution is 6.42. The molecule has 2 rings (SSSR count). The molecular formula is C15H17Cl2NO3. The zero-order valence-corrected chi connectivity index (χ0v) is 13.0. The van der Waals surface area contributed by atoms with Crippen LogP contribution in [-0.4, -0.2) is 34.5 Å². The van der Waals surface area contributed by atoms with E-state index in [0.717, 1.165) is 18.4 Å². The van der Waals surface area contributed by atoms with Crippen molar-refractivity contribution in [3.05, 3.63) is 33.8 Å². The summed E-state index contributed by atoms with van der Waals surface area (Å²) in [6, 6.07) is 4.58. The molecular weight excluding hydrogens is 313 g/mol. The van der Waals surface area contributed by atoms with Gasteiger partial charge in [-0.05, 0) is 43.4 Å². The van der Waals surface area contributed by atoms with Crippen LogP contribution in [0.15, 0.2) is 18.2 Å². The first-order valence-corrected chi connectivity index (χ1v) is 7.71. The Morgan fingerprint density at radius 1 is 1.24 bits per heavy atom. The van der Waals surface area contributed by atoms with E-state index in [9.17, 15) is 14.7 Å². The van der Waals surface area contributed by atoms with Gasteiger partial charge in [0.1, 0.15) is 6.04 Å². The van der Waals surface area contributed by atoms with Gasteiger partial charge in [-0.1, -0.05) is 29.3 Å². The lowest BCUT2D eigenvalue weighted by Crippen LogP contribution is -2.48. The van der Waals surface area contributed by atoms with Gasteiger partial charge in [0.15, 0.2) is 0 Å². The van der Waals surface area contributed by atoms with Crippen molar-refractivity contribution < 1.29 is 14.7 Å². The molecule has 1 amide bonds. The first-order valence-electron chi connectivity index (χ1n) is 6.95. The molecule has 21 heavy (non-hydrogen) atoms. The number of hydrogen-bond acceptors (Lipinski definition) is 2. The SMILES string of the molecule is O=C(O)C1CCCCN1C(=O)CCc1ccc(Cl)c(Cl)c1. The largest absolute Gasteiger partial charge is 0.480 e. The summed E-state index contributed by atoms with van der Waals surface area (Å²) < 4.78 is 0. The van der Waals surface area contributed by atoms with E-state index in [4.69, 9.17) is 23.2 Å². The second-order valence-electron chi connectivity index (χ2n) is 5.19. The van der Waals surface area contributed by atoms with Gasteiger partial charge in [-0.25, -0.2) is 4.79 Å². The molecule has 0 bridgehead atoms. The van der Waals surface area contributed by atoms with Gasteiger partial charge in [-0.15, -0.1) is 0 Å². The summed E-state index contributed by atoms with van der Waals surface area (Å²) >= 11 is 11.8. The number of rotatable bonds is 4. The molecule has 1 atom stereocenters. The molecule has 0 saturated carbocycles. The molecule has 0 aliphatic carbocycles. The van der Waals surface area contributed by atoms with Gasteiger partial charge in [-0.2, -0.15) is 0 Å². The van der Waals surface area contributed by atoms with Crippen LogP contribution in [0, 0.1) is 0 Å². The highest BCUT2D eigenvalue weighted by Crippen LogP contribution is 2.24. The number of piperidine rings is 1. The molecule has 1 unspecified atom stereocenters. The third-order valence-corrected chi connectivity index (χ3v) is 4.46. The fourth-order valence-corrected chi connectivity index (χ4v) is 2.90. The molecule has 1 aromatic rings. The van der Waals surface area contributed by atoms with E-state index < -0.39 is 12.0 Å². The van der Waals surface area contributed by atoms with Gasteiger partial charge in [0.05, 0.1) is 10.0 Å². The van der Waals surface area contributed by atoms with Crippen molar-refractivity contribution in [3.63, 3.8) is 0 Å². The Hall–Kier alpha value is -1.26. The van der Waals surface area contributed by atoms with Crippen LogP contribution in [0.3, 0.4) is 0 Å². The molecule has 1 heterocycles. The van der Waals surface area contributed by atoms with E-state index in [1.54, 1.807) is 12.1 Å². The van der Waals surface area contributed by atoms with E-state index >= 15 is 0 Å². The summed E-state index contributed by atoms with van der Waals surface area (Å²) in [5.41, 5.74) is 0.918. The lowest BCUT2D eigenvalue weighted by Gasteiger charge is -2.33. The minimum Gasteiger partial charge on any atom is -0.480 e. The van der Waals surface area contributed by atoms with Gasteiger partial charge in [0, 0.05) is 13.0 Å². The Bertz CT molecular complexity index is 548. The minimum absolute atomic E-state index is 0.117. The normalized spacial score (nSPS) is 18.6. The van der Waals surface area contributed by atoms with Gasteiger partial charge < -0.3 is 10.0 Å². The Kier molecular flexibility index (Phi) is 5.48. The maximum absolute atomic E-state index is 12.2. The molecule has 1 fully saturated rings.